The summed E-state index contributed by atoms with van der Waals surface area (Å²) in [6.45, 7) is 4.74. The third-order valence-electron chi connectivity index (χ3n) is 5.65. The van der Waals surface area contributed by atoms with E-state index in [9.17, 15) is 4.79 Å². The van der Waals surface area contributed by atoms with Gasteiger partial charge in [-0.2, -0.15) is 0 Å². The van der Waals surface area contributed by atoms with E-state index in [0.29, 0.717) is 23.6 Å². The van der Waals surface area contributed by atoms with Crippen LogP contribution in [0, 0.1) is 6.92 Å². The average Bonchev–Trinajstić information content (AvgIpc) is 3.18. The zero-order valence-corrected chi connectivity index (χ0v) is 18.8. The Bertz CT molecular complexity index is 1260. The second-order valence-corrected chi connectivity index (χ2v) is 7.74. The number of rotatable bonds is 7. The van der Waals surface area contributed by atoms with E-state index in [4.69, 9.17) is 14.5 Å². The Morgan fingerprint density at radius 1 is 1.00 bits per heavy atom. The summed E-state index contributed by atoms with van der Waals surface area (Å²) in [5, 5.41) is 3.08. The summed E-state index contributed by atoms with van der Waals surface area (Å²) in [5.41, 5.74) is 4.88. The molecular formula is C26H27N3O3. The van der Waals surface area contributed by atoms with Gasteiger partial charge in [-0.05, 0) is 55.3 Å². The van der Waals surface area contributed by atoms with Gasteiger partial charge in [-0.15, -0.1) is 0 Å². The molecule has 0 radical (unpaired) electrons. The van der Waals surface area contributed by atoms with Gasteiger partial charge in [-0.3, -0.25) is 4.79 Å². The number of hydrogen-bond donors (Lipinski definition) is 1. The van der Waals surface area contributed by atoms with Crippen molar-refractivity contribution < 1.29 is 14.3 Å². The normalized spacial score (nSPS) is 11.9. The lowest BCUT2D eigenvalue weighted by molar-refractivity contribution is 0.0937. The smallest absolute Gasteiger partial charge is 0.251 e. The van der Waals surface area contributed by atoms with Crippen molar-refractivity contribution in [2.45, 2.75) is 26.4 Å². The summed E-state index contributed by atoms with van der Waals surface area (Å²) in [4.78, 5) is 17.8. The van der Waals surface area contributed by atoms with Crippen LogP contribution in [0.25, 0.3) is 11.0 Å². The van der Waals surface area contributed by atoms with Crippen LogP contribution in [-0.4, -0.2) is 29.7 Å². The van der Waals surface area contributed by atoms with Gasteiger partial charge >= 0.3 is 0 Å². The second-order valence-electron chi connectivity index (χ2n) is 7.74. The van der Waals surface area contributed by atoms with Crippen molar-refractivity contribution in [3.63, 3.8) is 0 Å². The van der Waals surface area contributed by atoms with Crippen LogP contribution in [0.2, 0.25) is 0 Å². The van der Waals surface area contributed by atoms with Gasteiger partial charge in [-0.1, -0.05) is 36.4 Å². The molecule has 1 atom stereocenters. The van der Waals surface area contributed by atoms with Crippen molar-refractivity contribution in [3.05, 3.63) is 89.2 Å². The second kappa shape index (κ2) is 9.14. The Labute approximate surface area is 187 Å². The number of aromatic nitrogens is 2. The minimum Gasteiger partial charge on any atom is -0.493 e. The number of para-hydroxylation sites is 2. The monoisotopic (exact) mass is 429 g/mol. The summed E-state index contributed by atoms with van der Waals surface area (Å²) in [6.07, 6.45) is 0. The molecule has 0 spiro atoms. The van der Waals surface area contributed by atoms with Crippen LogP contribution in [0.1, 0.15) is 40.3 Å². The molecule has 1 heterocycles. The lowest BCUT2D eigenvalue weighted by Gasteiger charge is -2.18. The highest BCUT2D eigenvalue weighted by Crippen LogP contribution is 2.28. The van der Waals surface area contributed by atoms with Gasteiger partial charge in [0.15, 0.2) is 11.5 Å². The van der Waals surface area contributed by atoms with Gasteiger partial charge in [0.2, 0.25) is 0 Å². The summed E-state index contributed by atoms with van der Waals surface area (Å²) in [5.74, 6) is 1.70. The van der Waals surface area contributed by atoms with Crippen molar-refractivity contribution in [1.82, 2.24) is 14.9 Å². The zero-order valence-electron chi connectivity index (χ0n) is 18.8. The SMILES string of the molecule is COc1ccc(C(=O)N[C@H](C)c2nc3ccccc3n2Cc2ccccc2C)cc1OC. The van der Waals surface area contributed by atoms with Crippen LogP contribution in [-0.2, 0) is 6.54 Å². The molecule has 4 rings (SSSR count). The van der Waals surface area contributed by atoms with E-state index in [0.717, 1.165) is 16.9 Å². The van der Waals surface area contributed by atoms with Gasteiger partial charge in [0.25, 0.3) is 5.91 Å². The quantitative estimate of drug-likeness (QED) is 0.454. The third kappa shape index (κ3) is 4.17. The van der Waals surface area contributed by atoms with Crippen LogP contribution in [0.5, 0.6) is 11.5 Å². The van der Waals surface area contributed by atoms with Gasteiger partial charge < -0.3 is 19.4 Å². The number of imidazole rings is 1. The summed E-state index contributed by atoms with van der Waals surface area (Å²) >= 11 is 0. The van der Waals surface area contributed by atoms with E-state index in [1.54, 1.807) is 32.4 Å². The number of nitrogens with one attached hydrogen (secondary N) is 1. The molecule has 6 heteroatoms. The summed E-state index contributed by atoms with van der Waals surface area (Å²) < 4.78 is 12.8. The fourth-order valence-corrected chi connectivity index (χ4v) is 3.87. The molecule has 1 amide bonds. The van der Waals surface area contributed by atoms with Crippen LogP contribution in [0.4, 0.5) is 0 Å². The maximum absolute atomic E-state index is 13.0. The number of fused-ring (bicyclic) bond motifs is 1. The molecule has 0 aliphatic heterocycles. The Balaban J connectivity index is 1.66. The number of amides is 1. The van der Waals surface area contributed by atoms with Crippen molar-refractivity contribution in [1.29, 1.82) is 0 Å². The number of benzene rings is 3. The first-order valence-corrected chi connectivity index (χ1v) is 10.5. The van der Waals surface area contributed by atoms with Crippen LogP contribution in [0.15, 0.2) is 66.7 Å². The van der Waals surface area contributed by atoms with Crippen molar-refractivity contribution in [2.75, 3.05) is 14.2 Å². The highest BCUT2D eigenvalue weighted by molar-refractivity contribution is 5.95. The number of carbonyl (C=O) groups is 1. The third-order valence-corrected chi connectivity index (χ3v) is 5.65. The number of ether oxygens (including phenoxy) is 2. The molecule has 0 unspecified atom stereocenters. The van der Waals surface area contributed by atoms with Gasteiger partial charge in [0.05, 0.1) is 31.3 Å². The zero-order chi connectivity index (χ0) is 22.7. The first kappa shape index (κ1) is 21.4. The minimum absolute atomic E-state index is 0.201. The molecule has 6 nitrogen and oxygen atoms in total. The number of aryl methyl sites for hydroxylation is 1. The molecule has 4 aromatic rings. The van der Waals surface area contributed by atoms with Crippen molar-refractivity contribution in [3.8, 4) is 11.5 Å². The predicted octanol–water partition coefficient (Wildman–Crippen LogP) is 4.90. The highest BCUT2D eigenvalue weighted by Gasteiger charge is 2.20. The molecule has 3 aromatic carbocycles. The molecule has 0 aliphatic carbocycles. The van der Waals surface area contributed by atoms with E-state index in [1.807, 2.05) is 37.3 Å². The first-order chi connectivity index (χ1) is 15.5. The van der Waals surface area contributed by atoms with E-state index in [-0.39, 0.29) is 11.9 Å². The van der Waals surface area contributed by atoms with Crippen molar-refractivity contribution in [2.24, 2.45) is 0 Å². The maximum Gasteiger partial charge on any atom is 0.251 e. The molecule has 0 fully saturated rings. The molecule has 0 bridgehead atoms. The highest BCUT2D eigenvalue weighted by atomic mass is 16.5. The van der Waals surface area contributed by atoms with E-state index < -0.39 is 0 Å². The van der Waals surface area contributed by atoms with Gasteiger partial charge in [0.1, 0.15) is 5.82 Å². The number of methoxy groups -OCH3 is 2. The number of nitrogens with zero attached hydrogens (tertiary/aromatic N) is 2. The lowest BCUT2D eigenvalue weighted by Crippen LogP contribution is -2.29. The lowest BCUT2D eigenvalue weighted by atomic mass is 10.1. The molecule has 1 N–H and O–H groups in total. The van der Waals surface area contributed by atoms with Gasteiger partial charge in [-0.25, -0.2) is 4.98 Å². The predicted molar refractivity (Wildman–Crippen MR) is 125 cm³/mol. The summed E-state index contributed by atoms with van der Waals surface area (Å²) in [6, 6.07) is 21.2. The molecule has 164 valence electrons. The first-order valence-electron chi connectivity index (χ1n) is 10.5. The van der Waals surface area contributed by atoms with E-state index in [2.05, 4.69) is 35.0 Å². The van der Waals surface area contributed by atoms with Crippen LogP contribution in [0.3, 0.4) is 0 Å². The standard InChI is InChI=1S/C26H27N3O3/c1-17-9-5-6-10-20(17)16-29-22-12-8-7-11-21(22)28-25(29)18(2)27-26(30)19-13-14-23(31-3)24(15-19)32-4/h5-15,18H,16H2,1-4H3,(H,27,30)/t18-/m1/s1. The average molecular weight is 430 g/mol. The van der Waals surface area contributed by atoms with Crippen LogP contribution < -0.4 is 14.8 Å². The fourth-order valence-electron chi connectivity index (χ4n) is 3.87. The van der Waals surface area contributed by atoms with Gasteiger partial charge in [0, 0.05) is 12.1 Å². The summed E-state index contributed by atoms with van der Waals surface area (Å²) in [7, 11) is 3.12. The van der Waals surface area contributed by atoms with E-state index in [1.165, 1.54) is 11.1 Å². The van der Waals surface area contributed by atoms with Crippen LogP contribution >= 0.6 is 0 Å². The molecule has 0 aliphatic rings. The maximum atomic E-state index is 13.0. The van der Waals surface area contributed by atoms with Crippen molar-refractivity contribution >= 4 is 16.9 Å². The Morgan fingerprint density at radius 2 is 1.72 bits per heavy atom. The Hall–Kier alpha value is -3.80. The molecular weight excluding hydrogens is 402 g/mol. The Kier molecular flexibility index (Phi) is 6.12. The largest absolute Gasteiger partial charge is 0.493 e. The number of hydrogen-bond acceptors (Lipinski definition) is 4. The topological polar surface area (TPSA) is 65.4 Å². The molecule has 1 aromatic heterocycles. The fraction of sp³-hybridized carbons (Fsp3) is 0.231. The minimum atomic E-state index is -0.299. The number of carbonyl (C=O) groups excluding carboxylic acids is 1. The van der Waals surface area contributed by atoms with E-state index >= 15 is 0 Å². The molecule has 0 saturated carbocycles. The molecule has 32 heavy (non-hydrogen) atoms. The molecule has 0 saturated heterocycles. The Morgan fingerprint density at radius 3 is 2.47 bits per heavy atom.